The Morgan fingerprint density at radius 3 is 2.38 bits per heavy atom. The molecule has 0 aliphatic carbocycles. The number of carboxylic acids is 3. The smallest absolute Gasteiger partial charge is 0.363 e. The van der Waals surface area contributed by atoms with Crippen LogP contribution in [-0.2, 0) is 25.5 Å². The van der Waals surface area contributed by atoms with Crippen molar-refractivity contribution in [3.63, 3.8) is 0 Å². The van der Waals surface area contributed by atoms with E-state index in [1.807, 2.05) is 0 Å². The monoisotopic (exact) mass is 553 g/mol. The summed E-state index contributed by atoms with van der Waals surface area (Å²) in [6.45, 7) is -0.650. The third-order valence-electron chi connectivity index (χ3n) is 6.98. The lowest BCUT2D eigenvalue weighted by Gasteiger charge is -2.39. The van der Waals surface area contributed by atoms with Gasteiger partial charge >= 0.3 is 17.9 Å². The number of allylic oxidation sites excluding steroid dienone is 1. The van der Waals surface area contributed by atoms with E-state index in [0.29, 0.717) is 21.7 Å². The number of phenols is 1. The van der Waals surface area contributed by atoms with Crippen molar-refractivity contribution in [3.8, 4) is 11.5 Å². The van der Waals surface area contributed by atoms with Crippen molar-refractivity contribution in [1.82, 2.24) is 5.32 Å². The van der Waals surface area contributed by atoms with Crippen molar-refractivity contribution < 1.29 is 69.6 Å². The molecule has 3 aliphatic rings. The number of ether oxygens (including phenoxy) is 2. The Labute approximate surface area is 220 Å². The molecular weight excluding hydrogens is 524 g/mol. The van der Waals surface area contributed by atoms with Crippen LogP contribution in [0, 0.1) is 0 Å². The number of rotatable bonds is 8. The van der Waals surface area contributed by atoms with E-state index in [9.17, 15) is 55.2 Å². The number of fused-ring (bicyclic) bond motifs is 1. The van der Waals surface area contributed by atoms with Gasteiger partial charge in [-0.2, -0.15) is 0 Å². The molecule has 39 heavy (non-hydrogen) atoms. The zero-order chi connectivity index (χ0) is 28.6. The van der Waals surface area contributed by atoms with Gasteiger partial charge in [-0.25, -0.2) is 14.4 Å². The van der Waals surface area contributed by atoms with Gasteiger partial charge in [-0.1, -0.05) is 0 Å². The predicted molar refractivity (Wildman–Crippen MR) is 126 cm³/mol. The Morgan fingerprint density at radius 2 is 1.77 bits per heavy atom. The maximum atomic E-state index is 12.0. The number of nitrogens with one attached hydrogen (secondary N) is 2. The zero-order valence-electron chi connectivity index (χ0n) is 20.3. The van der Waals surface area contributed by atoms with Crippen LogP contribution in [0.2, 0.25) is 0 Å². The molecular formula is C24H29N2O13+. The van der Waals surface area contributed by atoms with E-state index in [-0.39, 0.29) is 30.8 Å². The summed E-state index contributed by atoms with van der Waals surface area (Å²) in [5.41, 5.74) is 0.960. The molecule has 1 aromatic carbocycles. The van der Waals surface area contributed by atoms with Crippen LogP contribution in [0.25, 0.3) is 0 Å². The van der Waals surface area contributed by atoms with Crippen molar-refractivity contribution in [2.24, 2.45) is 0 Å². The molecule has 212 valence electrons. The third-order valence-corrected chi connectivity index (χ3v) is 6.98. The van der Waals surface area contributed by atoms with Crippen LogP contribution in [0.4, 0.5) is 5.69 Å². The van der Waals surface area contributed by atoms with E-state index < -0.39 is 73.1 Å². The number of aliphatic hydroxyl groups is 4. The highest BCUT2D eigenvalue weighted by molar-refractivity contribution is 5.89. The Bertz CT molecular complexity index is 1210. The van der Waals surface area contributed by atoms with E-state index in [0.717, 1.165) is 0 Å². The molecule has 1 unspecified atom stereocenters. The largest absolute Gasteiger partial charge is 0.504 e. The number of hydrogen-bond acceptors (Lipinski definition) is 11. The molecule has 3 aliphatic heterocycles. The van der Waals surface area contributed by atoms with Gasteiger partial charge in [-0.05, 0) is 23.8 Å². The van der Waals surface area contributed by atoms with Gasteiger partial charge in [0, 0.05) is 24.5 Å². The molecule has 8 atom stereocenters. The van der Waals surface area contributed by atoms with Crippen LogP contribution in [0.3, 0.4) is 0 Å². The Balaban J connectivity index is 1.59. The van der Waals surface area contributed by atoms with Crippen molar-refractivity contribution in [3.05, 3.63) is 41.1 Å². The topological polar surface area (TPSA) is 248 Å². The first-order chi connectivity index (χ1) is 18.4. The van der Waals surface area contributed by atoms with Gasteiger partial charge in [0.15, 0.2) is 17.5 Å². The molecule has 0 aromatic heterocycles. The lowest BCUT2D eigenvalue weighted by Crippen LogP contribution is -3.11. The van der Waals surface area contributed by atoms with Gasteiger partial charge in [-0.15, -0.1) is 0 Å². The van der Waals surface area contributed by atoms with Crippen LogP contribution in [-0.4, -0.2) is 115 Å². The maximum Gasteiger partial charge on any atom is 0.363 e. The number of aliphatic carboxylic acids is 3. The standard InChI is InChI=1S/C24H28N2O13/c27-8-17-18(29)19(30)20(31)24(39-17)38-16-6-10-5-14(23(36)37)26(13(10)7-15(16)28)2-1-9-3-11(21(32)33)25-12(4-9)22(34)35/h1,3,6-7,12,14,17-20,24-25,27-31H,2,4-5,8H2,(H,32,33)(H,34,35)(H,36,37)/p+1/b9-1+/t12-,14+,17-,18-,19+,20-,24-/m1/s1. The normalized spacial score (nSPS) is 33.1. The number of aliphatic hydroxyl groups excluding tert-OH is 4. The van der Waals surface area contributed by atoms with E-state index in [2.05, 4.69) is 5.32 Å². The zero-order valence-corrected chi connectivity index (χ0v) is 20.3. The summed E-state index contributed by atoms with van der Waals surface area (Å²) in [5, 5.41) is 81.0. The molecule has 1 fully saturated rings. The second kappa shape index (κ2) is 11.2. The minimum Gasteiger partial charge on any atom is -0.504 e. The quantitative estimate of drug-likeness (QED) is 0.150. The fourth-order valence-corrected chi connectivity index (χ4v) is 4.90. The van der Waals surface area contributed by atoms with Gasteiger partial charge in [0.25, 0.3) is 0 Å². The van der Waals surface area contributed by atoms with Crippen molar-refractivity contribution in [2.75, 3.05) is 13.2 Å². The van der Waals surface area contributed by atoms with E-state index in [1.54, 1.807) is 6.08 Å². The summed E-state index contributed by atoms with van der Waals surface area (Å²) < 4.78 is 10.8. The van der Waals surface area contributed by atoms with Gasteiger partial charge in [0.1, 0.15) is 48.4 Å². The number of benzene rings is 1. The van der Waals surface area contributed by atoms with Gasteiger partial charge < -0.3 is 55.6 Å². The highest BCUT2D eigenvalue weighted by atomic mass is 16.7. The molecule has 15 heteroatoms. The first-order valence-electron chi connectivity index (χ1n) is 12.0. The Hall–Kier alpha value is -3.73. The average Bonchev–Trinajstić information content (AvgIpc) is 3.24. The van der Waals surface area contributed by atoms with Gasteiger partial charge in [0.2, 0.25) is 6.29 Å². The van der Waals surface area contributed by atoms with Gasteiger partial charge in [0.05, 0.1) is 6.61 Å². The number of hydrogen-bond donors (Lipinski definition) is 10. The Morgan fingerprint density at radius 1 is 1.05 bits per heavy atom. The van der Waals surface area contributed by atoms with Crippen LogP contribution < -0.4 is 15.0 Å². The van der Waals surface area contributed by atoms with E-state index in [4.69, 9.17) is 9.47 Å². The molecule has 0 radical (unpaired) electrons. The fraction of sp³-hybridized carbons (Fsp3) is 0.458. The molecule has 0 saturated carbocycles. The number of carbonyl (C=O) groups is 3. The number of quaternary nitrogens is 1. The number of aromatic hydroxyl groups is 1. The lowest BCUT2D eigenvalue weighted by atomic mass is 9.99. The van der Waals surface area contributed by atoms with Crippen LogP contribution in [0.1, 0.15) is 12.0 Å². The number of phenolic OH excluding ortho intramolecular Hbond substituents is 1. The van der Waals surface area contributed by atoms with Crippen molar-refractivity contribution >= 4 is 23.6 Å². The predicted octanol–water partition coefficient (Wildman–Crippen LogP) is -3.56. The molecule has 10 N–H and O–H groups in total. The molecule has 3 heterocycles. The summed E-state index contributed by atoms with van der Waals surface area (Å²) in [6, 6.07) is 0.454. The molecule has 0 bridgehead atoms. The van der Waals surface area contributed by atoms with E-state index in [1.165, 1.54) is 18.2 Å². The summed E-state index contributed by atoms with van der Waals surface area (Å²) in [5.74, 6) is -4.37. The molecule has 0 amide bonds. The fourth-order valence-electron chi connectivity index (χ4n) is 4.90. The molecule has 4 rings (SSSR count). The summed E-state index contributed by atoms with van der Waals surface area (Å²) >= 11 is 0. The average molecular weight is 553 g/mol. The maximum absolute atomic E-state index is 12.0. The molecule has 15 nitrogen and oxygen atoms in total. The second-order valence-corrected chi connectivity index (χ2v) is 9.50. The van der Waals surface area contributed by atoms with Crippen LogP contribution >= 0.6 is 0 Å². The lowest BCUT2D eigenvalue weighted by molar-refractivity contribution is -0.838. The highest BCUT2D eigenvalue weighted by Crippen LogP contribution is 2.36. The molecule has 1 aromatic rings. The first kappa shape index (κ1) is 28.3. The Kier molecular flexibility index (Phi) is 8.10. The minimum atomic E-state index is -1.72. The van der Waals surface area contributed by atoms with Crippen LogP contribution in [0.5, 0.6) is 11.5 Å². The third kappa shape index (κ3) is 5.68. The SMILES string of the molecule is O=C(O)C1=C/C(=C\C[NH+]2c3cc(O)c(O[C@@H]4O[C@H](CO)[C@@H](O)[C@H](O)[C@H]4O)cc3C[C@H]2C(=O)O)C[C@H](C(=O)O)N1. The minimum absolute atomic E-state index is 0.0179. The van der Waals surface area contributed by atoms with Crippen LogP contribution in [0.15, 0.2) is 35.6 Å². The molecule has 1 saturated heterocycles. The first-order valence-corrected chi connectivity index (χ1v) is 12.0. The second-order valence-electron chi connectivity index (χ2n) is 9.50. The van der Waals surface area contributed by atoms with Gasteiger partial charge in [-0.3, -0.25) is 4.90 Å². The highest BCUT2D eigenvalue weighted by Gasteiger charge is 2.46. The molecule has 0 spiro atoms. The van der Waals surface area contributed by atoms with E-state index >= 15 is 0 Å². The summed E-state index contributed by atoms with van der Waals surface area (Å²) in [7, 11) is 0. The summed E-state index contributed by atoms with van der Waals surface area (Å²) in [6.07, 6.45) is -5.00. The summed E-state index contributed by atoms with van der Waals surface area (Å²) in [4.78, 5) is 35.3. The van der Waals surface area contributed by atoms with Crippen molar-refractivity contribution in [1.29, 1.82) is 0 Å². The van der Waals surface area contributed by atoms with Crippen molar-refractivity contribution in [2.45, 2.75) is 55.6 Å². The number of carboxylic acid groups (broad SMARTS) is 3.